The Morgan fingerprint density at radius 2 is 1.71 bits per heavy atom. The molecule has 178 valence electrons. The Morgan fingerprint density at radius 1 is 0.971 bits per heavy atom. The first-order chi connectivity index (χ1) is 16.9. The Balaban J connectivity index is 1.80. The maximum absolute atomic E-state index is 13.5. The molecule has 35 heavy (non-hydrogen) atoms. The van der Waals surface area contributed by atoms with E-state index in [1.807, 2.05) is 30.3 Å². The van der Waals surface area contributed by atoms with Crippen molar-refractivity contribution in [3.05, 3.63) is 99.3 Å². The Labute approximate surface area is 206 Å². The monoisotopic (exact) mass is 488 g/mol. The minimum atomic E-state index is -0.498. The predicted molar refractivity (Wildman–Crippen MR) is 135 cm³/mol. The fraction of sp³-hybridized carbons (Fsp3) is 0.185. The van der Waals surface area contributed by atoms with E-state index < -0.39 is 5.97 Å². The van der Waals surface area contributed by atoms with Crippen LogP contribution in [0.2, 0.25) is 0 Å². The van der Waals surface area contributed by atoms with Crippen molar-refractivity contribution >= 4 is 34.4 Å². The van der Waals surface area contributed by atoms with Crippen LogP contribution in [0.3, 0.4) is 0 Å². The molecule has 0 N–H and O–H groups in total. The maximum Gasteiger partial charge on any atom is 0.337 e. The van der Waals surface area contributed by atoms with E-state index in [2.05, 4.69) is 0 Å². The molecule has 0 unspecified atom stereocenters. The van der Waals surface area contributed by atoms with Gasteiger partial charge in [-0.15, -0.1) is 0 Å². The Morgan fingerprint density at radius 3 is 2.40 bits per heavy atom. The number of esters is 1. The normalized spacial score (nSPS) is 10.8. The molecule has 0 fully saturated rings. The number of aromatic nitrogens is 2. The van der Waals surface area contributed by atoms with E-state index in [1.54, 1.807) is 48.1 Å². The Bertz CT molecular complexity index is 1460. The number of carbonyl (C=O) groups is 2. The number of rotatable bonds is 8. The third-order valence-electron chi connectivity index (χ3n) is 5.57. The summed E-state index contributed by atoms with van der Waals surface area (Å²) in [7, 11) is 2.88. The number of carbonyl (C=O) groups excluding carboxylic acids is 2. The molecule has 0 atom stereocenters. The SMILES string of the molecule is COC(=O)c1ccc2c(=O)n(Cc3ccccc3)c(SCc3cc(C(C)=O)ccc3OC)nc2c1. The van der Waals surface area contributed by atoms with Gasteiger partial charge in [0, 0.05) is 16.9 Å². The number of methoxy groups -OCH3 is 2. The number of nitrogens with zero attached hydrogens (tertiary/aromatic N) is 2. The second-order valence-electron chi connectivity index (χ2n) is 7.87. The van der Waals surface area contributed by atoms with Crippen LogP contribution in [-0.4, -0.2) is 35.5 Å². The lowest BCUT2D eigenvalue weighted by Gasteiger charge is -2.15. The maximum atomic E-state index is 13.5. The molecule has 0 aliphatic carbocycles. The highest BCUT2D eigenvalue weighted by molar-refractivity contribution is 7.98. The van der Waals surface area contributed by atoms with Gasteiger partial charge in [0.2, 0.25) is 0 Å². The van der Waals surface area contributed by atoms with Crippen molar-refractivity contribution in [3.8, 4) is 5.75 Å². The second-order valence-corrected chi connectivity index (χ2v) is 8.81. The van der Waals surface area contributed by atoms with Gasteiger partial charge in [-0.05, 0) is 48.9 Å². The quantitative estimate of drug-likeness (QED) is 0.153. The van der Waals surface area contributed by atoms with Crippen LogP contribution in [0.5, 0.6) is 5.75 Å². The lowest BCUT2D eigenvalue weighted by atomic mass is 10.1. The van der Waals surface area contributed by atoms with Crippen molar-refractivity contribution < 1.29 is 19.1 Å². The first kappa shape index (κ1) is 24.2. The van der Waals surface area contributed by atoms with Crippen LogP contribution < -0.4 is 10.3 Å². The average Bonchev–Trinajstić information content (AvgIpc) is 2.88. The van der Waals surface area contributed by atoms with Crippen LogP contribution >= 0.6 is 11.8 Å². The molecule has 0 aliphatic rings. The molecule has 4 rings (SSSR count). The summed E-state index contributed by atoms with van der Waals surface area (Å²) in [5, 5.41) is 0.901. The fourth-order valence-electron chi connectivity index (χ4n) is 3.71. The molecule has 3 aromatic carbocycles. The molecular weight excluding hydrogens is 464 g/mol. The van der Waals surface area contributed by atoms with E-state index in [1.165, 1.54) is 25.8 Å². The standard InChI is InChI=1S/C27H24N2O5S/c1-17(30)19-10-12-24(33-2)21(13-19)16-35-27-28-23-14-20(26(32)34-3)9-11-22(23)25(31)29(27)15-18-7-5-4-6-8-18/h4-14H,15-16H2,1-3H3. The zero-order valence-corrected chi connectivity index (χ0v) is 20.4. The molecule has 0 spiro atoms. The van der Waals surface area contributed by atoms with Gasteiger partial charge in [-0.25, -0.2) is 9.78 Å². The zero-order chi connectivity index (χ0) is 24.9. The summed E-state index contributed by atoms with van der Waals surface area (Å²) in [5.74, 6) is 0.530. The number of Topliss-reactive ketones (excluding diaryl/α,β-unsaturated/α-hetero) is 1. The van der Waals surface area contributed by atoms with Gasteiger partial charge in [0.1, 0.15) is 5.75 Å². The van der Waals surface area contributed by atoms with Gasteiger partial charge < -0.3 is 9.47 Å². The molecule has 7 nitrogen and oxygen atoms in total. The topological polar surface area (TPSA) is 87.5 Å². The number of thioether (sulfide) groups is 1. The number of hydrogen-bond donors (Lipinski definition) is 0. The molecule has 4 aromatic rings. The second kappa shape index (κ2) is 10.6. The van der Waals surface area contributed by atoms with Crippen LogP contribution in [0.25, 0.3) is 10.9 Å². The molecule has 0 radical (unpaired) electrons. The zero-order valence-electron chi connectivity index (χ0n) is 19.6. The van der Waals surface area contributed by atoms with Crippen molar-refractivity contribution in [2.75, 3.05) is 14.2 Å². The van der Waals surface area contributed by atoms with E-state index in [0.717, 1.165) is 11.1 Å². The van der Waals surface area contributed by atoms with Crippen molar-refractivity contribution in [2.24, 2.45) is 0 Å². The van der Waals surface area contributed by atoms with E-state index in [9.17, 15) is 14.4 Å². The molecule has 1 aromatic heterocycles. The molecule has 0 amide bonds. The molecule has 1 heterocycles. The number of ether oxygens (including phenoxy) is 2. The molecule has 8 heteroatoms. The van der Waals surface area contributed by atoms with Crippen LogP contribution in [-0.2, 0) is 17.0 Å². The number of fused-ring (bicyclic) bond motifs is 1. The van der Waals surface area contributed by atoms with Gasteiger partial charge >= 0.3 is 5.97 Å². The van der Waals surface area contributed by atoms with Crippen LogP contribution in [0.4, 0.5) is 0 Å². The van der Waals surface area contributed by atoms with Gasteiger partial charge in [0.25, 0.3) is 5.56 Å². The summed E-state index contributed by atoms with van der Waals surface area (Å²) in [6.07, 6.45) is 0. The molecule has 0 saturated heterocycles. The van der Waals surface area contributed by atoms with Gasteiger partial charge in [-0.3, -0.25) is 14.2 Å². The number of hydrogen-bond acceptors (Lipinski definition) is 7. The molecule has 0 bridgehead atoms. The summed E-state index contributed by atoms with van der Waals surface area (Å²) in [6.45, 7) is 1.86. The summed E-state index contributed by atoms with van der Waals surface area (Å²) in [6, 6.07) is 19.7. The smallest absolute Gasteiger partial charge is 0.337 e. The van der Waals surface area contributed by atoms with Gasteiger partial charge in [-0.1, -0.05) is 42.1 Å². The highest BCUT2D eigenvalue weighted by Gasteiger charge is 2.16. The van der Waals surface area contributed by atoms with Crippen LogP contribution in [0.1, 0.15) is 38.8 Å². The third-order valence-corrected chi connectivity index (χ3v) is 6.59. The Hall–Kier alpha value is -3.91. The lowest BCUT2D eigenvalue weighted by Crippen LogP contribution is -2.24. The number of benzene rings is 3. The Kier molecular flexibility index (Phi) is 7.31. The fourth-order valence-corrected chi connectivity index (χ4v) is 4.69. The third kappa shape index (κ3) is 5.27. The summed E-state index contributed by atoms with van der Waals surface area (Å²) >= 11 is 1.36. The summed E-state index contributed by atoms with van der Waals surface area (Å²) < 4.78 is 11.9. The molecule has 0 saturated carbocycles. The van der Waals surface area contributed by atoms with E-state index in [0.29, 0.717) is 45.2 Å². The first-order valence-corrected chi connectivity index (χ1v) is 11.9. The van der Waals surface area contributed by atoms with Crippen molar-refractivity contribution in [1.82, 2.24) is 9.55 Å². The molecular formula is C27H24N2O5S. The first-order valence-electron chi connectivity index (χ1n) is 10.9. The average molecular weight is 489 g/mol. The van der Waals surface area contributed by atoms with E-state index in [4.69, 9.17) is 14.5 Å². The van der Waals surface area contributed by atoms with Crippen LogP contribution in [0, 0.1) is 0 Å². The van der Waals surface area contributed by atoms with E-state index in [-0.39, 0.29) is 11.3 Å². The predicted octanol–water partition coefficient (Wildman–Crippen LogP) is 4.73. The van der Waals surface area contributed by atoms with Crippen molar-refractivity contribution in [3.63, 3.8) is 0 Å². The minimum absolute atomic E-state index is 0.0425. The van der Waals surface area contributed by atoms with Crippen molar-refractivity contribution in [2.45, 2.75) is 24.4 Å². The van der Waals surface area contributed by atoms with Gasteiger partial charge in [0.05, 0.1) is 37.2 Å². The minimum Gasteiger partial charge on any atom is -0.496 e. The highest BCUT2D eigenvalue weighted by atomic mass is 32.2. The summed E-state index contributed by atoms with van der Waals surface area (Å²) in [4.78, 5) is 42.2. The van der Waals surface area contributed by atoms with Gasteiger partial charge in [-0.2, -0.15) is 0 Å². The largest absolute Gasteiger partial charge is 0.496 e. The highest BCUT2D eigenvalue weighted by Crippen LogP contribution is 2.29. The lowest BCUT2D eigenvalue weighted by molar-refractivity contribution is 0.0600. The molecule has 0 aliphatic heterocycles. The van der Waals surface area contributed by atoms with Crippen molar-refractivity contribution in [1.29, 1.82) is 0 Å². The summed E-state index contributed by atoms with van der Waals surface area (Å²) in [5.41, 5.74) is 2.88. The van der Waals surface area contributed by atoms with E-state index >= 15 is 0 Å². The van der Waals surface area contributed by atoms with Gasteiger partial charge in [0.15, 0.2) is 10.9 Å². The number of ketones is 1. The van der Waals surface area contributed by atoms with Crippen LogP contribution in [0.15, 0.2) is 76.7 Å².